The van der Waals surface area contributed by atoms with E-state index in [4.69, 9.17) is 0 Å². The van der Waals surface area contributed by atoms with Gasteiger partial charge in [0.05, 0.1) is 10.6 Å². The fourth-order valence-corrected chi connectivity index (χ4v) is 5.67. The number of carbonyl (C=O) groups is 2. The molecule has 0 aromatic heterocycles. The van der Waals surface area contributed by atoms with E-state index in [0.29, 0.717) is 35.5 Å². The van der Waals surface area contributed by atoms with Gasteiger partial charge in [0.15, 0.2) is 5.78 Å². The van der Waals surface area contributed by atoms with Crippen LogP contribution in [-0.4, -0.2) is 37.5 Å². The van der Waals surface area contributed by atoms with Crippen molar-refractivity contribution < 1.29 is 18.0 Å². The van der Waals surface area contributed by atoms with E-state index in [-0.39, 0.29) is 22.5 Å². The summed E-state index contributed by atoms with van der Waals surface area (Å²) in [6, 6.07) is 20.1. The van der Waals surface area contributed by atoms with Gasteiger partial charge in [0, 0.05) is 29.8 Å². The second kappa shape index (κ2) is 11.6. The molecule has 6 nitrogen and oxygen atoms in total. The van der Waals surface area contributed by atoms with Crippen LogP contribution in [0.15, 0.2) is 77.7 Å². The molecule has 0 bridgehead atoms. The first kappa shape index (κ1) is 27.3. The van der Waals surface area contributed by atoms with Gasteiger partial charge in [0.2, 0.25) is 10.0 Å². The quantitative estimate of drug-likeness (QED) is 0.353. The summed E-state index contributed by atoms with van der Waals surface area (Å²) < 4.78 is 28.0. The predicted octanol–water partition coefficient (Wildman–Crippen LogP) is 5.78. The molecule has 0 unspecified atom stereocenters. The summed E-state index contributed by atoms with van der Waals surface area (Å²) in [5.41, 5.74) is 2.52. The van der Waals surface area contributed by atoms with E-state index in [0.717, 1.165) is 5.56 Å². The van der Waals surface area contributed by atoms with Crippen LogP contribution in [0.5, 0.6) is 0 Å². The number of rotatable bonds is 10. The Labute approximate surface area is 214 Å². The zero-order chi connectivity index (χ0) is 26.5. The Kier molecular flexibility index (Phi) is 8.82. The van der Waals surface area contributed by atoms with Gasteiger partial charge in [-0.1, -0.05) is 69.7 Å². The molecule has 190 valence electrons. The maximum absolute atomic E-state index is 13.2. The Morgan fingerprint density at radius 1 is 0.806 bits per heavy atom. The minimum atomic E-state index is -3.69. The molecule has 0 fully saturated rings. The van der Waals surface area contributed by atoms with Gasteiger partial charge in [-0.3, -0.25) is 9.59 Å². The van der Waals surface area contributed by atoms with Crippen LogP contribution in [0, 0.1) is 18.8 Å². The number of hydrogen-bond donors (Lipinski definition) is 1. The number of anilines is 1. The zero-order valence-corrected chi connectivity index (χ0v) is 22.3. The topological polar surface area (TPSA) is 83.6 Å². The Morgan fingerprint density at radius 2 is 1.39 bits per heavy atom. The Bertz CT molecular complexity index is 1310. The van der Waals surface area contributed by atoms with Crippen molar-refractivity contribution in [2.24, 2.45) is 11.8 Å². The summed E-state index contributed by atoms with van der Waals surface area (Å²) in [6.07, 6.45) is 0. The SMILES string of the molecule is Cc1ccc(NC(=O)c2ccc(S(=O)(=O)N(CC(C)C)CC(C)C)cc2)c(C(=O)c2ccccc2)c1. The number of sulfonamides is 1. The first-order valence-corrected chi connectivity index (χ1v) is 13.5. The zero-order valence-electron chi connectivity index (χ0n) is 21.5. The number of hydrogen-bond acceptors (Lipinski definition) is 4. The number of nitrogens with zero attached hydrogens (tertiary/aromatic N) is 1. The number of aryl methyl sites for hydroxylation is 1. The predicted molar refractivity (Wildman–Crippen MR) is 144 cm³/mol. The van der Waals surface area contributed by atoms with Crippen molar-refractivity contribution >= 4 is 27.4 Å². The molecule has 36 heavy (non-hydrogen) atoms. The van der Waals surface area contributed by atoms with Gasteiger partial charge in [-0.15, -0.1) is 0 Å². The van der Waals surface area contributed by atoms with Crippen LogP contribution in [-0.2, 0) is 10.0 Å². The summed E-state index contributed by atoms with van der Waals surface area (Å²) in [4.78, 5) is 26.2. The van der Waals surface area contributed by atoms with Crippen molar-refractivity contribution in [2.75, 3.05) is 18.4 Å². The van der Waals surface area contributed by atoms with E-state index in [1.807, 2.05) is 46.8 Å². The highest BCUT2D eigenvalue weighted by Gasteiger charge is 2.26. The molecule has 0 atom stereocenters. The van der Waals surface area contributed by atoms with E-state index in [1.54, 1.807) is 36.4 Å². The van der Waals surface area contributed by atoms with E-state index in [1.165, 1.54) is 28.6 Å². The minimum absolute atomic E-state index is 0.149. The van der Waals surface area contributed by atoms with E-state index in [2.05, 4.69) is 5.32 Å². The molecule has 0 aliphatic carbocycles. The van der Waals surface area contributed by atoms with Crippen molar-refractivity contribution in [3.8, 4) is 0 Å². The third-order valence-electron chi connectivity index (χ3n) is 5.60. The molecule has 3 aromatic carbocycles. The Morgan fingerprint density at radius 3 is 1.94 bits per heavy atom. The summed E-state index contributed by atoms with van der Waals surface area (Å²) in [5, 5.41) is 2.82. The molecule has 1 N–H and O–H groups in total. The maximum Gasteiger partial charge on any atom is 0.255 e. The molecular weight excluding hydrogens is 472 g/mol. The lowest BCUT2D eigenvalue weighted by Crippen LogP contribution is -2.37. The summed E-state index contributed by atoms with van der Waals surface area (Å²) in [5.74, 6) is -0.241. The number of ketones is 1. The summed E-state index contributed by atoms with van der Waals surface area (Å²) in [6.45, 7) is 10.7. The smallest absolute Gasteiger partial charge is 0.255 e. The van der Waals surface area contributed by atoms with Crippen LogP contribution in [0.4, 0.5) is 5.69 Å². The Hall–Kier alpha value is -3.29. The number of nitrogens with one attached hydrogen (secondary N) is 1. The number of benzene rings is 3. The van der Waals surface area contributed by atoms with Crippen molar-refractivity contribution in [2.45, 2.75) is 39.5 Å². The average molecular weight is 507 g/mol. The fourth-order valence-electron chi connectivity index (χ4n) is 3.91. The van der Waals surface area contributed by atoms with Gasteiger partial charge in [-0.05, 0) is 55.2 Å². The van der Waals surface area contributed by atoms with E-state index < -0.39 is 15.9 Å². The highest BCUT2D eigenvalue weighted by Crippen LogP contribution is 2.23. The molecule has 0 radical (unpaired) electrons. The molecule has 0 saturated heterocycles. The van der Waals surface area contributed by atoms with Crippen molar-refractivity contribution in [3.05, 3.63) is 95.1 Å². The van der Waals surface area contributed by atoms with Gasteiger partial charge < -0.3 is 5.32 Å². The maximum atomic E-state index is 13.2. The van der Waals surface area contributed by atoms with Crippen LogP contribution < -0.4 is 5.32 Å². The van der Waals surface area contributed by atoms with Crippen LogP contribution in [0.25, 0.3) is 0 Å². The van der Waals surface area contributed by atoms with Crippen molar-refractivity contribution in [1.82, 2.24) is 4.31 Å². The Balaban J connectivity index is 1.84. The lowest BCUT2D eigenvalue weighted by Gasteiger charge is -2.25. The number of carbonyl (C=O) groups excluding carboxylic acids is 2. The normalized spacial score (nSPS) is 11.8. The standard InChI is InChI=1S/C29H34N2O4S/c1-20(2)18-31(19-21(3)4)36(34,35)25-14-12-24(13-15-25)29(33)30-27-16-11-22(5)17-26(27)28(32)23-9-7-6-8-10-23/h6-17,20-21H,18-19H2,1-5H3,(H,30,33). The van der Waals surface area contributed by atoms with Crippen LogP contribution >= 0.6 is 0 Å². The third kappa shape index (κ3) is 6.68. The monoisotopic (exact) mass is 506 g/mol. The van der Waals surface area contributed by atoms with Crippen LogP contribution in [0.1, 0.15) is 59.5 Å². The number of amides is 1. The van der Waals surface area contributed by atoms with Crippen molar-refractivity contribution in [3.63, 3.8) is 0 Å². The molecule has 7 heteroatoms. The van der Waals surface area contributed by atoms with Gasteiger partial charge in [-0.2, -0.15) is 4.31 Å². The lowest BCUT2D eigenvalue weighted by atomic mass is 9.99. The third-order valence-corrected chi connectivity index (χ3v) is 7.44. The highest BCUT2D eigenvalue weighted by molar-refractivity contribution is 7.89. The van der Waals surface area contributed by atoms with Crippen LogP contribution in [0.2, 0.25) is 0 Å². The van der Waals surface area contributed by atoms with Crippen LogP contribution in [0.3, 0.4) is 0 Å². The average Bonchev–Trinajstić information content (AvgIpc) is 2.84. The van der Waals surface area contributed by atoms with E-state index in [9.17, 15) is 18.0 Å². The minimum Gasteiger partial charge on any atom is -0.321 e. The first-order chi connectivity index (χ1) is 17.0. The largest absolute Gasteiger partial charge is 0.321 e. The summed E-state index contributed by atoms with van der Waals surface area (Å²) >= 11 is 0. The van der Waals surface area contributed by atoms with Gasteiger partial charge in [-0.25, -0.2) is 8.42 Å². The highest BCUT2D eigenvalue weighted by atomic mass is 32.2. The lowest BCUT2D eigenvalue weighted by molar-refractivity contribution is 0.102. The molecule has 1 amide bonds. The van der Waals surface area contributed by atoms with Crippen molar-refractivity contribution in [1.29, 1.82) is 0 Å². The first-order valence-electron chi connectivity index (χ1n) is 12.1. The molecular formula is C29H34N2O4S. The summed E-state index contributed by atoms with van der Waals surface area (Å²) in [7, 11) is -3.69. The second-order valence-electron chi connectivity index (χ2n) is 9.83. The molecule has 0 aliphatic heterocycles. The molecule has 0 spiro atoms. The van der Waals surface area contributed by atoms with Gasteiger partial charge in [0.1, 0.15) is 0 Å². The second-order valence-corrected chi connectivity index (χ2v) is 11.8. The fraction of sp³-hybridized carbons (Fsp3) is 0.310. The van der Waals surface area contributed by atoms with Gasteiger partial charge >= 0.3 is 0 Å². The van der Waals surface area contributed by atoms with E-state index >= 15 is 0 Å². The molecule has 0 saturated carbocycles. The molecule has 0 aliphatic rings. The molecule has 3 rings (SSSR count). The molecule has 0 heterocycles. The van der Waals surface area contributed by atoms with Gasteiger partial charge in [0.25, 0.3) is 5.91 Å². The molecule has 3 aromatic rings.